The molecule has 6 heteroatoms. The minimum Gasteiger partial charge on any atom is -0.493 e. The molecule has 5 nitrogen and oxygen atoms in total. The summed E-state index contributed by atoms with van der Waals surface area (Å²) in [5.41, 5.74) is 5.65. The Labute approximate surface area is 164 Å². The highest BCUT2D eigenvalue weighted by molar-refractivity contribution is 6.30. The number of piperidine rings is 1. The summed E-state index contributed by atoms with van der Waals surface area (Å²) in [6, 6.07) is 16.3. The molecule has 1 heterocycles. The van der Waals surface area contributed by atoms with Gasteiger partial charge in [-0.05, 0) is 43.2 Å². The molecule has 27 heavy (non-hydrogen) atoms. The lowest BCUT2D eigenvalue weighted by Crippen LogP contribution is -2.50. The molecule has 0 unspecified atom stereocenters. The van der Waals surface area contributed by atoms with Crippen molar-refractivity contribution in [3.63, 3.8) is 0 Å². The van der Waals surface area contributed by atoms with Crippen molar-refractivity contribution in [1.29, 1.82) is 0 Å². The van der Waals surface area contributed by atoms with Gasteiger partial charge in [-0.15, -0.1) is 0 Å². The van der Waals surface area contributed by atoms with Crippen molar-refractivity contribution in [2.75, 3.05) is 19.7 Å². The van der Waals surface area contributed by atoms with Crippen molar-refractivity contribution >= 4 is 23.4 Å². The molecule has 1 fully saturated rings. The number of hydrogen-bond donors (Lipinski definition) is 1. The zero-order valence-corrected chi connectivity index (χ0v) is 15.8. The van der Waals surface area contributed by atoms with Crippen LogP contribution in [0.4, 0.5) is 0 Å². The van der Waals surface area contributed by atoms with Crippen LogP contribution >= 0.6 is 11.6 Å². The molecule has 2 aromatic rings. The number of halogens is 1. The Morgan fingerprint density at radius 3 is 2.63 bits per heavy atom. The third-order valence-corrected chi connectivity index (χ3v) is 5.09. The maximum absolute atomic E-state index is 12.8. The van der Waals surface area contributed by atoms with Crippen molar-refractivity contribution in [3.05, 3.63) is 65.2 Å². The SMILES string of the molecule is NC(=O)C[C@]1(COc2cccc(Cl)c2)CCCN(C(=O)c2ccccc2)C1. The van der Waals surface area contributed by atoms with Crippen LogP contribution in [0.15, 0.2) is 54.6 Å². The molecule has 0 radical (unpaired) electrons. The van der Waals surface area contributed by atoms with Crippen molar-refractivity contribution in [2.45, 2.75) is 19.3 Å². The van der Waals surface area contributed by atoms with Gasteiger partial charge in [-0.2, -0.15) is 0 Å². The van der Waals surface area contributed by atoms with E-state index in [2.05, 4.69) is 0 Å². The molecule has 0 aromatic heterocycles. The van der Waals surface area contributed by atoms with E-state index < -0.39 is 11.3 Å². The Kier molecular flexibility index (Phi) is 6.01. The van der Waals surface area contributed by atoms with Gasteiger partial charge in [0, 0.05) is 35.5 Å². The highest BCUT2D eigenvalue weighted by Crippen LogP contribution is 2.35. The predicted molar refractivity (Wildman–Crippen MR) is 105 cm³/mol. The number of hydrogen-bond acceptors (Lipinski definition) is 3. The van der Waals surface area contributed by atoms with Gasteiger partial charge in [0.05, 0.1) is 6.61 Å². The molecule has 2 amide bonds. The second kappa shape index (κ2) is 8.44. The molecular formula is C21H23ClN2O3. The van der Waals surface area contributed by atoms with Crippen LogP contribution in [0.25, 0.3) is 0 Å². The van der Waals surface area contributed by atoms with Crippen LogP contribution in [-0.2, 0) is 4.79 Å². The fraction of sp³-hybridized carbons (Fsp3) is 0.333. The number of ether oxygens (including phenoxy) is 1. The number of primary amides is 1. The van der Waals surface area contributed by atoms with Crippen LogP contribution < -0.4 is 10.5 Å². The molecule has 0 spiro atoms. The van der Waals surface area contributed by atoms with Gasteiger partial charge < -0.3 is 15.4 Å². The van der Waals surface area contributed by atoms with E-state index in [0.717, 1.165) is 12.8 Å². The first kappa shape index (κ1) is 19.2. The molecule has 2 N–H and O–H groups in total. The Bertz CT molecular complexity index is 812. The van der Waals surface area contributed by atoms with E-state index in [9.17, 15) is 9.59 Å². The number of nitrogens with two attached hydrogens (primary N) is 1. The highest BCUT2D eigenvalue weighted by Gasteiger charge is 2.39. The van der Waals surface area contributed by atoms with E-state index in [1.165, 1.54) is 0 Å². The quantitative estimate of drug-likeness (QED) is 0.825. The second-order valence-electron chi connectivity index (χ2n) is 7.09. The minimum absolute atomic E-state index is 0.0353. The Hall–Kier alpha value is -2.53. The standard InChI is InChI=1S/C21H23ClN2O3/c22-17-8-4-9-18(12-17)27-15-21(13-19(23)25)10-5-11-24(14-21)20(26)16-6-2-1-3-7-16/h1-4,6-9,12H,5,10-11,13-15H2,(H2,23,25)/t21-/m1/s1. The van der Waals surface area contributed by atoms with Gasteiger partial charge in [-0.25, -0.2) is 0 Å². The largest absolute Gasteiger partial charge is 0.493 e. The fourth-order valence-electron chi connectivity index (χ4n) is 3.62. The fourth-order valence-corrected chi connectivity index (χ4v) is 3.80. The number of carbonyl (C=O) groups is 2. The summed E-state index contributed by atoms with van der Waals surface area (Å²) in [7, 11) is 0. The van der Waals surface area contributed by atoms with E-state index in [1.54, 1.807) is 29.2 Å². The molecule has 3 rings (SSSR count). The lowest BCUT2D eigenvalue weighted by atomic mass is 9.77. The molecule has 1 aliphatic rings. The Morgan fingerprint density at radius 1 is 1.15 bits per heavy atom. The maximum atomic E-state index is 12.8. The number of benzene rings is 2. The molecule has 0 bridgehead atoms. The summed E-state index contributed by atoms with van der Waals surface area (Å²) >= 11 is 6.01. The van der Waals surface area contributed by atoms with Crippen LogP contribution in [0.2, 0.25) is 5.02 Å². The Balaban J connectivity index is 1.76. The molecular weight excluding hydrogens is 364 g/mol. The van der Waals surface area contributed by atoms with Crippen molar-refractivity contribution in [3.8, 4) is 5.75 Å². The number of nitrogens with zero attached hydrogens (tertiary/aromatic N) is 1. The molecule has 1 aliphatic heterocycles. The van der Waals surface area contributed by atoms with Crippen molar-refractivity contribution < 1.29 is 14.3 Å². The van der Waals surface area contributed by atoms with Gasteiger partial charge in [0.2, 0.25) is 5.91 Å². The van der Waals surface area contributed by atoms with Crippen LogP contribution in [0.5, 0.6) is 5.75 Å². The summed E-state index contributed by atoms with van der Waals surface area (Å²) in [6.07, 6.45) is 1.74. The van der Waals surface area contributed by atoms with Gasteiger partial charge in [-0.1, -0.05) is 35.9 Å². The molecule has 1 saturated heterocycles. The van der Waals surface area contributed by atoms with Crippen molar-refractivity contribution in [2.24, 2.45) is 11.1 Å². The second-order valence-corrected chi connectivity index (χ2v) is 7.52. The summed E-state index contributed by atoms with van der Waals surface area (Å²) in [4.78, 5) is 26.4. The molecule has 1 atom stereocenters. The lowest BCUT2D eigenvalue weighted by Gasteiger charge is -2.42. The van der Waals surface area contributed by atoms with Crippen LogP contribution in [0.3, 0.4) is 0 Å². The monoisotopic (exact) mass is 386 g/mol. The van der Waals surface area contributed by atoms with Crippen LogP contribution in [0, 0.1) is 5.41 Å². The summed E-state index contributed by atoms with van der Waals surface area (Å²) in [6.45, 7) is 1.39. The first-order valence-corrected chi connectivity index (χ1v) is 9.36. The van der Waals surface area contributed by atoms with Gasteiger partial charge in [0.25, 0.3) is 5.91 Å². The normalized spacial score (nSPS) is 19.5. The smallest absolute Gasteiger partial charge is 0.253 e. The topological polar surface area (TPSA) is 72.6 Å². The zero-order valence-electron chi connectivity index (χ0n) is 15.1. The molecule has 0 saturated carbocycles. The molecule has 0 aliphatic carbocycles. The lowest BCUT2D eigenvalue weighted by molar-refractivity contribution is -0.122. The van der Waals surface area contributed by atoms with Gasteiger partial charge in [-0.3, -0.25) is 9.59 Å². The number of amides is 2. The Morgan fingerprint density at radius 2 is 1.93 bits per heavy atom. The van der Waals surface area contributed by atoms with E-state index in [-0.39, 0.29) is 12.3 Å². The van der Waals surface area contributed by atoms with Gasteiger partial charge >= 0.3 is 0 Å². The van der Waals surface area contributed by atoms with E-state index >= 15 is 0 Å². The van der Waals surface area contributed by atoms with Crippen LogP contribution in [0.1, 0.15) is 29.6 Å². The summed E-state index contributed by atoms with van der Waals surface area (Å²) in [5, 5.41) is 0.584. The minimum atomic E-state index is -0.503. The average molecular weight is 387 g/mol. The zero-order chi connectivity index (χ0) is 19.3. The summed E-state index contributed by atoms with van der Waals surface area (Å²) in [5.74, 6) is 0.212. The molecule has 2 aromatic carbocycles. The maximum Gasteiger partial charge on any atom is 0.253 e. The van der Waals surface area contributed by atoms with Crippen molar-refractivity contribution in [1.82, 2.24) is 4.90 Å². The number of rotatable bonds is 6. The van der Waals surface area contributed by atoms with E-state index in [4.69, 9.17) is 22.1 Å². The molecule has 142 valence electrons. The van der Waals surface area contributed by atoms with Crippen LogP contribution in [-0.4, -0.2) is 36.4 Å². The summed E-state index contributed by atoms with van der Waals surface area (Å²) < 4.78 is 5.93. The van der Waals surface area contributed by atoms with Gasteiger partial charge in [0.1, 0.15) is 5.75 Å². The average Bonchev–Trinajstić information content (AvgIpc) is 2.66. The van der Waals surface area contributed by atoms with E-state index in [0.29, 0.717) is 36.0 Å². The predicted octanol–water partition coefficient (Wildman–Crippen LogP) is 3.52. The number of carbonyl (C=O) groups excluding carboxylic acids is 2. The highest BCUT2D eigenvalue weighted by atomic mass is 35.5. The third-order valence-electron chi connectivity index (χ3n) is 4.86. The van der Waals surface area contributed by atoms with Gasteiger partial charge in [0.15, 0.2) is 0 Å². The first-order valence-electron chi connectivity index (χ1n) is 8.98. The number of likely N-dealkylation sites (tertiary alicyclic amines) is 1. The van der Waals surface area contributed by atoms with E-state index in [1.807, 2.05) is 30.3 Å². The first-order chi connectivity index (χ1) is 13.0. The third kappa shape index (κ3) is 5.01.